The molecule has 2 rings (SSSR count). The Bertz CT molecular complexity index is 594. The van der Waals surface area contributed by atoms with Crippen molar-refractivity contribution in [3.63, 3.8) is 0 Å². The van der Waals surface area contributed by atoms with Gasteiger partial charge in [-0.2, -0.15) is 0 Å². The molecule has 0 bridgehead atoms. The van der Waals surface area contributed by atoms with Gasteiger partial charge in [0.25, 0.3) is 0 Å². The fourth-order valence-electron chi connectivity index (χ4n) is 2.42. The molecule has 0 spiro atoms. The third-order valence-electron chi connectivity index (χ3n) is 3.93. The van der Waals surface area contributed by atoms with Crippen LogP contribution in [0.1, 0.15) is 29.2 Å². The Morgan fingerprint density at radius 2 is 1.55 bits per heavy atom. The number of hydrogen-bond acceptors (Lipinski definition) is 2. The van der Waals surface area contributed by atoms with Crippen LogP contribution < -0.4 is 5.73 Å². The van der Waals surface area contributed by atoms with Gasteiger partial charge in [-0.15, -0.1) is 0 Å². The third-order valence-corrected chi connectivity index (χ3v) is 3.93. The average molecular weight is 267 g/mol. The lowest BCUT2D eigenvalue weighted by molar-refractivity contribution is -0.123. The van der Waals surface area contributed by atoms with Gasteiger partial charge in [0.1, 0.15) is 0 Å². The molecular weight excluding hydrogens is 246 g/mol. The molecule has 0 saturated carbocycles. The summed E-state index contributed by atoms with van der Waals surface area (Å²) in [5, 5.41) is 0. The van der Waals surface area contributed by atoms with Gasteiger partial charge >= 0.3 is 0 Å². The molecule has 1 unspecified atom stereocenters. The minimum atomic E-state index is -0.948. The van der Waals surface area contributed by atoms with Crippen molar-refractivity contribution in [2.24, 2.45) is 5.73 Å². The van der Waals surface area contributed by atoms with E-state index in [0.717, 1.165) is 22.3 Å². The Kier molecular flexibility index (Phi) is 4.05. The summed E-state index contributed by atoms with van der Waals surface area (Å²) >= 11 is 0. The molecule has 0 aliphatic heterocycles. The van der Waals surface area contributed by atoms with Crippen LogP contribution in [-0.2, 0) is 16.8 Å². The lowest BCUT2D eigenvalue weighted by Gasteiger charge is -2.24. The van der Waals surface area contributed by atoms with E-state index >= 15 is 0 Å². The number of carbonyl (C=O) groups is 1. The number of aryl methyl sites for hydroxylation is 2. The number of nitrogens with two attached hydrogens (primary N) is 1. The minimum absolute atomic E-state index is 0.0427. The molecule has 0 heterocycles. The lowest BCUT2D eigenvalue weighted by atomic mass is 9.84. The van der Waals surface area contributed by atoms with Gasteiger partial charge in [-0.3, -0.25) is 4.79 Å². The zero-order valence-corrected chi connectivity index (χ0v) is 12.3. The molecule has 1 atom stereocenters. The molecule has 0 radical (unpaired) electrons. The standard InChI is InChI=1S/C18H21NO/c1-13-8-7-9-14(2)16(13)12-17(20)18(3,19)15-10-5-4-6-11-15/h4-11H,12,19H2,1-3H3. The minimum Gasteiger partial charge on any atom is -0.315 e. The van der Waals surface area contributed by atoms with Crippen LogP contribution in [0.15, 0.2) is 48.5 Å². The molecule has 0 saturated heterocycles. The highest BCUT2D eigenvalue weighted by atomic mass is 16.1. The van der Waals surface area contributed by atoms with Gasteiger partial charge < -0.3 is 5.73 Å². The van der Waals surface area contributed by atoms with Gasteiger partial charge in [0.15, 0.2) is 5.78 Å². The molecule has 2 N–H and O–H groups in total. The van der Waals surface area contributed by atoms with Gasteiger partial charge in [0, 0.05) is 6.42 Å². The summed E-state index contributed by atoms with van der Waals surface area (Å²) in [6.07, 6.45) is 0.375. The maximum atomic E-state index is 12.6. The monoisotopic (exact) mass is 267 g/mol. The van der Waals surface area contributed by atoms with Crippen LogP contribution in [-0.4, -0.2) is 5.78 Å². The van der Waals surface area contributed by atoms with E-state index in [9.17, 15) is 4.79 Å². The molecule has 20 heavy (non-hydrogen) atoms. The molecule has 2 heteroatoms. The number of hydrogen-bond donors (Lipinski definition) is 1. The highest BCUT2D eigenvalue weighted by molar-refractivity contribution is 5.91. The molecule has 104 valence electrons. The van der Waals surface area contributed by atoms with Crippen LogP contribution in [0.25, 0.3) is 0 Å². The van der Waals surface area contributed by atoms with Crippen LogP contribution in [0.4, 0.5) is 0 Å². The highest BCUT2D eigenvalue weighted by Crippen LogP contribution is 2.23. The first kappa shape index (κ1) is 14.5. The summed E-state index contributed by atoms with van der Waals surface area (Å²) < 4.78 is 0. The Morgan fingerprint density at radius 1 is 1.00 bits per heavy atom. The molecular formula is C18H21NO. The van der Waals surface area contributed by atoms with E-state index in [0.29, 0.717) is 6.42 Å². The molecule has 0 fully saturated rings. The second-order valence-electron chi connectivity index (χ2n) is 5.54. The second kappa shape index (κ2) is 5.59. The highest BCUT2D eigenvalue weighted by Gasteiger charge is 2.30. The lowest BCUT2D eigenvalue weighted by Crippen LogP contribution is -2.43. The zero-order valence-electron chi connectivity index (χ0n) is 12.3. The molecule has 0 aliphatic carbocycles. The van der Waals surface area contributed by atoms with Gasteiger partial charge in [0.2, 0.25) is 0 Å². The van der Waals surface area contributed by atoms with Crippen molar-refractivity contribution in [3.05, 3.63) is 70.8 Å². The first-order valence-corrected chi connectivity index (χ1v) is 6.85. The Balaban J connectivity index is 2.28. The predicted molar refractivity (Wildman–Crippen MR) is 82.6 cm³/mol. The van der Waals surface area contributed by atoms with Crippen molar-refractivity contribution >= 4 is 5.78 Å². The summed E-state index contributed by atoms with van der Waals surface area (Å²) in [5.41, 5.74) is 9.56. The van der Waals surface area contributed by atoms with Crippen LogP contribution in [0.3, 0.4) is 0 Å². The largest absolute Gasteiger partial charge is 0.315 e. The van der Waals surface area contributed by atoms with E-state index in [1.807, 2.05) is 62.4 Å². The Morgan fingerprint density at radius 3 is 2.10 bits per heavy atom. The quantitative estimate of drug-likeness (QED) is 0.923. The van der Waals surface area contributed by atoms with Crippen molar-refractivity contribution in [3.8, 4) is 0 Å². The van der Waals surface area contributed by atoms with Crippen molar-refractivity contribution < 1.29 is 4.79 Å². The molecule has 2 aromatic carbocycles. The smallest absolute Gasteiger partial charge is 0.161 e. The van der Waals surface area contributed by atoms with E-state index in [-0.39, 0.29) is 5.78 Å². The van der Waals surface area contributed by atoms with Crippen LogP contribution >= 0.6 is 0 Å². The van der Waals surface area contributed by atoms with Gasteiger partial charge in [-0.05, 0) is 43.0 Å². The van der Waals surface area contributed by atoms with Crippen LogP contribution in [0, 0.1) is 13.8 Å². The zero-order chi connectivity index (χ0) is 14.8. The van der Waals surface area contributed by atoms with Crippen molar-refractivity contribution in [2.75, 3.05) is 0 Å². The number of ketones is 1. The number of benzene rings is 2. The molecule has 2 nitrogen and oxygen atoms in total. The van der Waals surface area contributed by atoms with Gasteiger partial charge in [-0.1, -0.05) is 48.5 Å². The Labute approximate surface area is 120 Å². The van der Waals surface area contributed by atoms with Gasteiger partial charge in [-0.25, -0.2) is 0 Å². The summed E-state index contributed by atoms with van der Waals surface area (Å²) in [5.74, 6) is 0.0427. The topological polar surface area (TPSA) is 43.1 Å². The maximum absolute atomic E-state index is 12.6. The second-order valence-corrected chi connectivity index (χ2v) is 5.54. The average Bonchev–Trinajstić information content (AvgIpc) is 2.43. The van der Waals surface area contributed by atoms with E-state index < -0.39 is 5.54 Å². The SMILES string of the molecule is Cc1cccc(C)c1CC(=O)C(C)(N)c1ccccc1. The molecule has 0 aliphatic rings. The maximum Gasteiger partial charge on any atom is 0.161 e. The summed E-state index contributed by atoms with van der Waals surface area (Å²) in [6.45, 7) is 5.86. The Hall–Kier alpha value is -1.93. The third kappa shape index (κ3) is 2.81. The molecule has 2 aromatic rings. The number of carbonyl (C=O) groups excluding carboxylic acids is 1. The van der Waals surface area contributed by atoms with E-state index in [1.54, 1.807) is 6.92 Å². The first-order valence-electron chi connectivity index (χ1n) is 6.85. The predicted octanol–water partition coefficient (Wildman–Crippen LogP) is 3.29. The van der Waals surface area contributed by atoms with Crippen LogP contribution in [0.2, 0.25) is 0 Å². The van der Waals surface area contributed by atoms with Crippen LogP contribution in [0.5, 0.6) is 0 Å². The summed E-state index contributed by atoms with van der Waals surface area (Å²) in [7, 11) is 0. The van der Waals surface area contributed by atoms with E-state index in [4.69, 9.17) is 5.73 Å². The van der Waals surface area contributed by atoms with Gasteiger partial charge in [0.05, 0.1) is 5.54 Å². The number of rotatable bonds is 4. The van der Waals surface area contributed by atoms with Crippen molar-refractivity contribution in [2.45, 2.75) is 32.7 Å². The molecule has 0 amide bonds. The number of Topliss-reactive ketones (excluding diaryl/α,β-unsaturated/α-hetero) is 1. The summed E-state index contributed by atoms with van der Waals surface area (Å²) in [4.78, 5) is 12.6. The van der Waals surface area contributed by atoms with Crippen molar-refractivity contribution in [1.82, 2.24) is 0 Å². The van der Waals surface area contributed by atoms with Crippen molar-refractivity contribution in [1.29, 1.82) is 0 Å². The van der Waals surface area contributed by atoms with E-state index in [2.05, 4.69) is 0 Å². The fourth-order valence-corrected chi connectivity index (χ4v) is 2.42. The normalized spacial score (nSPS) is 13.8. The fraction of sp³-hybridized carbons (Fsp3) is 0.278. The molecule has 0 aromatic heterocycles. The van der Waals surface area contributed by atoms with E-state index in [1.165, 1.54) is 0 Å². The first-order chi connectivity index (χ1) is 9.43. The summed E-state index contributed by atoms with van der Waals surface area (Å²) in [6, 6.07) is 15.6.